The standard InChI is InChI=1S/C23H28N4O4/c28-20-6-5-19(21(29)25-20)27-22(30)17-4-3-14(10-18(17)23(27)31)12-26-9-7-16(13-26)15-2-1-8-24-11-15/h3-4,10,15-16,19,24H,1-2,5-9,11-13H2,(H,25,28,29). The van der Waals surface area contributed by atoms with Crippen LogP contribution in [0, 0.1) is 11.8 Å². The Hall–Kier alpha value is -2.58. The number of imide groups is 2. The molecule has 8 nitrogen and oxygen atoms in total. The third-order valence-electron chi connectivity index (χ3n) is 7.22. The first kappa shape index (κ1) is 20.3. The molecule has 4 heterocycles. The zero-order chi connectivity index (χ0) is 21.5. The molecular weight excluding hydrogens is 396 g/mol. The Morgan fingerprint density at radius 1 is 0.968 bits per heavy atom. The lowest BCUT2D eigenvalue weighted by molar-refractivity contribution is -0.136. The fourth-order valence-corrected chi connectivity index (χ4v) is 5.55. The van der Waals surface area contributed by atoms with Crippen molar-refractivity contribution in [2.45, 2.75) is 44.7 Å². The molecule has 4 aliphatic heterocycles. The molecular formula is C23H28N4O4. The van der Waals surface area contributed by atoms with Gasteiger partial charge in [0.1, 0.15) is 6.04 Å². The van der Waals surface area contributed by atoms with E-state index >= 15 is 0 Å². The highest BCUT2D eigenvalue weighted by atomic mass is 16.2. The van der Waals surface area contributed by atoms with Crippen molar-refractivity contribution < 1.29 is 19.2 Å². The number of hydrogen-bond acceptors (Lipinski definition) is 6. The molecule has 1 aromatic carbocycles. The molecule has 5 rings (SSSR count). The average Bonchev–Trinajstić information content (AvgIpc) is 3.33. The Morgan fingerprint density at radius 2 is 1.81 bits per heavy atom. The number of piperidine rings is 2. The van der Waals surface area contributed by atoms with E-state index in [1.54, 1.807) is 12.1 Å². The molecule has 0 saturated carbocycles. The van der Waals surface area contributed by atoms with Crippen LogP contribution in [0.4, 0.5) is 0 Å². The van der Waals surface area contributed by atoms with Crippen molar-refractivity contribution in [2.75, 3.05) is 26.2 Å². The first-order valence-corrected chi connectivity index (χ1v) is 11.3. The van der Waals surface area contributed by atoms with Crippen molar-refractivity contribution in [3.05, 3.63) is 34.9 Å². The molecule has 0 aromatic heterocycles. The SMILES string of the molecule is O=C1CCC(N2C(=O)c3ccc(CN4CCC(C5CCCNC5)C4)cc3C2=O)C(=O)N1. The molecule has 8 heteroatoms. The van der Waals surface area contributed by atoms with E-state index in [1.807, 2.05) is 6.07 Å². The maximum Gasteiger partial charge on any atom is 0.262 e. The quantitative estimate of drug-likeness (QED) is 0.697. The highest BCUT2D eigenvalue weighted by Gasteiger charge is 2.44. The van der Waals surface area contributed by atoms with Gasteiger partial charge in [0.15, 0.2) is 0 Å². The Labute approximate surface area is 181 Å². The van der Waals surface area contributed by atoms with E-state index in [0.29, 0.717) is 17.0 Å². The van der Waals surface area contributed by atoms with Crippen LogP contribution in [0.2, 0.25) is 0 Å². The smallest absolute Gasteiger partial charge is 0.262 e. The minimum Gasteiger partial charge on any atom is -0.316 e. The van der Waals surface area contributed by atoms with Gasteiger partial charge < -0.3 is 5.32 Å². The number of amides is 4. The number of likely N-dealkylation sites (tertiary alicyclic amines) is 1. The van der Waals surface area contributed by atoms with Gasteiger partial charge in [-0.1, -0.05) is 6.07 Å². The summed E-state index contributed by atoms with van der Waals surface area (Å²) in [4.78, 5) is 52.9. The molecule has 0 aliphatic carbocycles. The van der Waals surface area contributed by atoms with Crippen molar-refractivity contribution >= 4 is 23.6 Å². The van der Waals surface area contributed by atoms with Crippen LogP contribution in [-0.4, -0.2) is 65.6 Å². The number of benzene rings is 1. The minimum atomic E-state index is -0.919. The summed E-state index contributed by atoms with van der Waals surface area (Å²) in [5, 5.41) is 5.74. The fourth-order valence-electron chi connectivity index (χ4n) is 5.55. The lowest BCUT2D eigenvalue weighted by Gasteiger charge is -2.28. The predicted octanol–water partition coefficient (Wildman–Crippen LogP) is 0.909. The Kier molecular flexibility index (Phi) is 5.35. The second-order valence-electron chi connectivity index (χ2n) is 9.22. The zero-order valence-electron chi connectivity index (χ0n) is 17.6. The summed E-state index contributed by atoms with van der Waals surface area (Å²) >= 11 is 0. The number of carbonyl (C=O) groups excluding carboxylic acids is 4. The molecule has 4 amide bonds. The fraction of sp³-hybridized carbons (Fsp3) is 0.565. The van der Waals surface area contributed by atoms with Gasteiger partial charge in [0, 0.05) is 19.5 Å². The topological polar surface area (TPSA) is 98.8 Å². The van der Waals surface area contributed by atoms with Crippen molar-refractivity contribution in [1.29, 1.82) is 0 Å². The number of nitrogens with one attached hydrogen (secondary N) is 2. The van der Waals surface area contributed by atoms with E-state index in [4.69, 9.17) is 0 Å². The van der Waals surface area contributed by atoms with Crippen LogP contribution in [0.3, 0.4) is 0 Å². The van der Waals surface area contributed by atoms with Gasteiger partial charge in [-0.2, -0.15) is 0 Å². The third-order valence-corrected chi connectivity index (χ3v) is 7.22. The van der Waals surface area contributed by atoms with E-state index in [1.165, 1.54) is 19.3 Å². The lowest BCUT2D eigenvalue weighted by atomic mass is 9.86. The first-order valence-electron chi connectivity index (χ1n) is 11.3. The highest BCUT2D eigenvalue weighted by Crippen LogP contribution is 2.31. The van der Waals surface area contributed by atoms with Gasteiger partial charge in [-0.25, -0.2) is 0 Å². The average molecular weight is 425 g/mol. The molecule has 3 saturated heterocycles. The van der Waals surface area contributed by atoms with Crippen LogP contribution in [0.25, 0.3) is 0 Å². The minimum absolute atomic E-state index is 0.127. The van der Waals surface area contributed by atoms with E-state index in [0.717, 1.165) is 49.1 Å². The number of hydrogen-bond donors (Lipinski definition) is 2. The monoisotopic (exact) mass is 424 g/mol. The first-order chi connectivity index (χ1) is 15.0. The Balaban J connectivity index is 1.27. The summed E-state index contributed by atoms with van der Waals surface area (Å²) in [6.07, 6.45) is 4.07. The number of nitrogens with zero attached hydrogens (tertiary/aromatic N) is 2. The summed E-state index contributed by atoms with van der Waals surface area (Å²) in [7, 11) is 0. The number of carbonyl (C=O) groups is 4. The number of rotatable bonds is 4. The number of fused-ring (bicyclic) bond motifs is 1. The molecule has 3 atom stereocenters. The summed E-state index contributed by atoms with van der Waals surface area (Å²) < 4.78 is 0. The van der Waals surface area contributed by atoms with Crippen molar-refractivity contribution in [2.24, 2.45) is 11.8 Å². The molecule has 3 fully saturated rings. The van der Waals surface area contributed by atoms with Crippen LogP contribution < -0.4 is 10.6 Å². The lowest BCUT2D eigenvalue weighted by Crippen LogP contribution is -2.54. The molecule has 1 aromatic rings. The largest absolute Gasteiger partial charge is 0.316 e. The van der Waals surface area contributed by atoms with Crippen LogP contribution in [0.5, 0.6) is 0 Å². The molecule has 164 valence electrons. The van der Waals surface area contributed by atoms with E-state index < -0.39 is 23.8 Å². The molecule has 4 aliphatic rings. The van der Waals surface area contributed by atoms with Crippen molar-refractivity contribution in [3.63, 3.8) is 0 Å². The van der Waals surface area contributed by atoms with Gasteiger partial charge in [0.25, 0.3) is 11.8 Å². The third kappa shape index (κ3) is 3.78. The Bertz CT molecular complexity index is 940. The van der Waals surface area contributed by atoms with Crippen molar-refractivity contribution in [3.8, 4) is 0 Å². The maximum absolute atomic E-state index is 13.0. The summed E-state index contributed by atoms with van der Waals surface area (Å²) in [5.74, 6) is -0.371. The Morgan fingerprint density at radius 3 is 2.58 bits per heavy atom. The summed E-state index contributed by atoms with van der Waals surface area (Å²) in [6.45, 7) is 5.12. The predicted molar refractivity (Wildman–Crippen MR) is 112 cm³/mol. The van der Waals surface area contributed by atoms with E-state index in [-0.39, 0.29) is 18.7 Å². The van der Waals surface area contributed by atoms with Gasteiger partial charge in [0.05, 0.1) is 11.1 Å². The van der Waals surface area contributed by atoms with Gasteiger partial charge in [-0.3, -0.25) is 34.3 Å². The summed E-state index contributed by atoms with van der Waals surface area (Å²) in [6, 6.07) is 4.50. The van der Waals surface area contributed by atoms with E-state index in [2.05, 4.69) is 15.5 Å². The van der Waals surface area contributed by atoms with Gasteiger partial charge in [0.2, 0.25) is 11.8 Å². The molecule has 0 radical (unpaired) electrons. The molecule has 31 heavy (non-hydrogen) atoms. The summed E-state index contributed by atoms with van der Waals surface area (Å²) in [5.41, 5.74) is 1.71. The molecule has 2 N–H and O–H groups in total. The normalized spacial score (nSPS) is 29.4. The second-order valence-corrected chi connectivity index (χ2v) is 9.22. The van der Waals surface area contributed by atoms with Gasteiger partial charge >= 0.3 is 0 Å². The molecule has 0 bridgehead atoms. The van der Waals surface area contributed by atoms with Crippen LogP contribution in [0.1, 0.15) is 58.4 Å². The molecule has 3 unspecified atom stereocenters. The van der Waals surface area contributed by atoms with Crippen molar-refractivity contribution in [1.82, 2.24) is 20.4 Å². The van der Waals surface area contributed by atoms with Crippen LogP contribution in [-0.2, 0) is 16.1 Å². The van der Waals surface area contributed by atoms with Gasteiger partial charge in [-0.15, -0.1) is 0 Å². The second kappa shape index (κ2) is 8.16. The highest BCUT2D eigenvalue weighted by molar-refractivity contribution is 6.23. The van der Waals surface area contributed by atoms with Gasteiger partial charge in [-0.05, 0) is 74.8 Å². The zero-order valence-corrected chi connectivity index (χ0v) is 17.6. The van der Waals surface area contributed by atoms with E-state index in [9.17, 15) is 19.2 Å². The van der Waals surface area contributed by atoms with Crippen LogP contribution in [0.15, 0.2) is 18.2 Å². The van der Waals surface area contributed by atoms with Crippen LogP contribution >= 0.6 is 0 Å². The molecule has 0 spiro atoms. The maximum atomic E-state index is 13.0.